The number of ether oxygens (including phenoxy) is 6. The Morgan fingerprint density at radius 3 is 0.990 bits per heavy atom. The minimum Gasteiger partial charge on any atom is -0.491 e. The maximum absolute atomic E-state index is 12.8. The molecule has 0 amide bonds. The van der Waals surface area contributed by atoms with Crippen LogP contribution in [0.15, 0.2) is 75.6 Å². The molecule has 0 aliphatic carbocycles. The Morgan fingerprint density at radius 2 is 0.747 bits per heavy atom. The molecule has 1 aromatic heterocycles. The van der Waals surface area contributed by atoms with Crippen LogP contribution in [0.25, 0.3) is 0 Å². The summed E-state index contributed by atoms with van der Waals surface area (Å²) in [7, 11) is 0. The molecule has 18 nitrogen and oxygen atoms in total. The fourth-order valence-corrected chi connectivity index (χ4v) is 16.1. The molecule has 2 aromatic carbocycles. The smallest absolute Gasteiger partial charge is 0.336 e. The van der Waals surface area contributed by atoms with Gasteiger partial charge in [0.15, 0.2) is 0 Å². The number of thioether (sulfide) groups is 5. The average Bonchev–Trinajstić information content (AvgIpc) is 0.794. The molecule has 0 aliphatic heterocycles. The molecular weight excluding hydrogens is 1620 g/mol. The predicted octanol–water partition coefficient (Wildman–Crippen LogP) is 10.0. The van der Waals surface area contributed by atoms with E-state index in [4.69, 9.17) is 23.7 Å². The first-order valence-electron chi connectivity index (χ1n) is 31.3. The minimum atomic E-state index is -0.997. The first kappa shape index (κ1) is 103. The summed E-state index contributed by atoms with van der Waals surface area (Å²) in [6.45, 7) is 10.9. The van der Waals surface area contributed by atoms with Gasteiger partial charge in [0, 0.05) is 140 Å². The normalized spacial score (nSPS) is 12.2. The van der Waals surface area contributed by atoms with Crippen molar-refractivity contribution in [3.05, 3.63) is 104 Å². The van der Waals surface area contributed by atoms with E-state index in [0.717, 1.165) is 85.9 Å². The van der Waals surface area contributed by atoms with Gasteiger partial charge in [-0.2, -0.15) is 223 Å². The highest BCUT2D eigenvalue weighted by Crippen LogP contribution is 2.33. The number of hydrogen-bond acceptors (Lipinski definition) is 33. The molecule has 0 saturated carbocycles. The fourth-order valence-electron chi connectivity index (χ4n) is 7.07. The van der Waals surface area contributed by atoms with Crippen molar-refractivity contribution in [2.24, 2.45) is 0 Å². The summed E-state index contributed by atoms with van der Waals surface area (Å²) in [5, 5.41) is 21.1. The highest BCUT2D eigenvalue weighted by molar-refractivity contribution is 8.06. The number of carbonyl (C=O) groups excluding carboxylic acids is 4. The van der Waals surface area contributed by atoms with Crippen LogP contribution in [-0.2, 0) is 63.2 Å². The summed E-state index contributed by atoms with van der Waals surface area (Å²) < 4.78 is 32.2. The van der Waals surface area contributed by atoms with Gasteiger partial charge >= 0.3 is 40.9 Å². The maximum atomic E-state index is 12.8. The highest BCUT2D eigenvalue weighted by atomic mass is 32.2. The number of thiol groups is 13. The van der Waals surface area contributed by atoms with Crippen LogP contribution < -0.4 is 26.5 Å². The zero-order valence-electron chi connectivity index (χ0n) is 56.8. The van der Waals surface area contributed by atoms with Crippen LogP contribution >= 0.6 is 223 Å². The van der Waals surface area contributed by atoms with Crippen molar-refractivity contribution < 1.29 is 57.8 Å². The minimum absolute atomic E-state index is 0.0589. The number of aliphatic hydroxyl groups is 2. The van der Waals surface area contributed by atoms with Crippen LogP contribution in [0, 0.1) is 0 Å². The van der Waals surface area contributed by atoms with Crippen LogP contribution in [-0.4, -0.2) is 230 Å². The lowest BCUT2D eigenvalue weighted by Gasteiger charge is -2.26. The number of esters is 4. The molecule has 0 aliphatic rings. The van der Waals surface area contributed by atoms with E-state index in [1.165, 1.54) is 24.2 Å². The van der Waals surface area contributed by atoms with Crippen molar-refractivity contribution in [3.63, 3.8) is 0 Å². The Labute approximate surface area is 681 Å². The second kappa shape index (κ2) is 70.0. The number of carbonyl (C=O) groups is 4. The largest absolute Gasteiger partial charge is 0.491 e. The van der Waals surface area contributed by atoms with Crippen molar-refractivity contribution in [1.82, 2.24) is 13.7 Å². The van der Waals surface area contributed by atoms with E-state index in [1.807, 2.05) is 114 Å². The summed E-state index contributed by atoms with van der Waals surface area (Å²) >= 11 is 63.5. The van der Waals surface area contributed by atoms with Gasteiger partial charge in [-0.15, -0.1) is 6.58 Å². The summed E-state index contributed by atoms with van der Waals surface area (Å²) in [5.41, 5.74) is -0.868. The molecule has 0 radical (unpaired) electrons. The molecule has 0 spiro atoms. The Balaban J connectivity index is -0.00000124. The molecule has 0 saturated heterocycles. The van der Waals surface area contributed by atoms with Gasteiger partial charge in [-0.3, -0.25) is 19.2 Å². The molecule has 99 heavy (non-hydrogen) atoms. The predicted molar refractivity (Wildman–Crippen MR) is 470 cm³/mol. The average molecular weight is 1720 g/mol. The van der Waals surface area contributed by atoms with E-state index in [-0.39, 0.29) is 83.3 Å². The van der Waals surface area contributed by atoms with E-state index >= 15 is 0 Å². The fraction of sp³-hybridized carbons (Fsp3) is 0.667. The SMILES string of the molecule is C=CC.CC(=O)OCCS.CC(C)(c1ccc(OCC(O)CS)cc1)c1ccc(OCC(O)CS)cc1.O=C(CCn1c(=O)n(CCC(=O)OCCS)c(=O)n(CCC(=O)OCCS)c1=O)OCCS.SCCSC(CS)CSCC(CS)SCCS.SCCSCC(CS)SCCS. The van der Waals surface area contributed by atoms with E-state index in [9.17, 15) is 43.8 Å². The third kappa shape index (κ3) is 53.7. The second-order valence-electron chi connectivity index (χ2n) is 20.4. The Hall–Kier alpha value is 0.290. The van der Waals surface area contributed by atoms with Crippen LogP contribution in [0.1, 0.15) is 58.1 Å². The summed E-state index contributed by atoms with van der Waals surface area (Å²) in [6, 6.07) is 15.8. The van der Waals surface area contributed by atoms with Gasteiger partial charge in [0.05, 0.1) is 31.5 Å². The first-order valence-corrected chi connectivity index (χ1v) is 45.0. The first-order chi connectivity index (χ1) is 47.4. The number of aromatic nitrogens is 3. The third-order valence-corrected chi connectivity index (χ3v) is 24.5. The van der Waals surface area contributed by atoms with Gasteiger partial charge in [0.1, 0.15) is 51.1 Å². The monoisotopic (exact) mass is 1720 g/mol. The van der Waals surface area contributed by atoms with Gasteiger partial charge in [-0.25, -0.2) is 28.1 Å². The molecule has 36 heteroatoms. The second-order valence-corrected chi connectivity index (χ2v) is 32.2. The molecule has 2 N–H and O–H groups in total. The Kier molecular flexibility index (Phi) is 73.1. The number of aliphatic hydroxyl groups excluding tert-OH is 2. The molecule has 3 rings (SSSR count). The number of nitrogens with zero attached hydrogens (tertiary/aromatic N) is 3. The molecule has 5 atom stereocenters. The van der Waals surface area contributed by atoms with E-state index in [1.54, 1.807) is 6.08 Å². The van der Waals surface area contributed by atoms with Crippen LogP contribution in [0.5, 0.6) is 11.5 Å². The van der Waals surface area contributed by atoms with Crippen molar-refractivity contribution in [2.75, 3.05) is 155 Å². The standard InChI is InChI=1S/C21H28O4S2.C18H27N3O9S3.C10H22S7.C7H16S5.C4H8O2S.C3H6/c1-21(2,15-3-7-19(8-4-15)24-11-17(22)13-26)16-5-9-20(10-6-16)25-12-18(23)14-27;22-13(28-7-10-31)1-4-19-16(25)20(5-2-14(23)29-8-11-32)18(27)21(17(19)26)6-3-15(24)30-9-12-33;11-1-3-16-9(5-13)7-15-8-10(6-14)17-4-2-12;8-1-3-11-6-7(5-10)12-4-2-9;1-4(5)6-2-3-7;1-3-2/h3-10,17-18,22-23,26-27H,11-14H2,1-2H3;31-33H,1-12H2;9-14H,1-8H2;7-10H,1-6H2;7H,2-3H2,1H3;3H,1H2,2H3. The highest BCUT2D eigenvalue weighted by Gasteiger charge is 2.24. The van der Waals surface area contributed by atoms with E-state index in [2.05, 4.69) is 189 Å². The van der Waals surface area contributed by atoms with E-state index in [0.29, 0.717) is 70.6 Å². The van der Waals surface area contributed by atoms with Crippen LogP contribution in [0.4, 0.5) is 0 Å². The summed E-state index contributed by atoms with van der Waals surface area (Å²) in [5.74, 6) is 16.3. The number of rotatable bonds is 47. The molecule has 572 valence electrons. The molecule has 0 fully saturated rings. The Bertz CT molecular complexity index is 2480. The maximum Gasteiger partial charge on any atom is 0.336 e. The van der Waals surface area contributed by atoms with Crippen molar-refractivity contribution in [3.8, 4) is 11.5 Å². The molecular formula is C63H107N3O15S18. The van der Waals surface area contributed by atoms with Gasteiger partial charge in [-0.1, -0.05) is 44.2 Å². The number of benzene rings is 2. The van der Waals surface area contributed by atoms with Crippen molar-refractivity contribution >= 4 is 247 Å². The van der Waals surface area contributed by atoms with E-state index < -0.39 is 47.2 Å². The molecule has 1 heterocycles. The van der Waals surface area contributed by atoms with Crippen LogP contribution in [0.2, 0.25) is 0 Å². The molecule has 5 unspecified atom stereocenters. The lowest BCUT2D eigenvalue weighted by atomic mass is 9.78. The topological polar surface area (TPSA) is 230 Å². The van der Waals surface area contributed by atoms with Crippen molar-refractivity contribution in [1.29, 1.82) is 0 Å². The van der Waals surface area contributed by atoms with Gasteiger partial charge in [0.2, 0.25) is 0 Å². The summed E-state index contributed by atoms with van der Waals surface area (Å²) in [6.07, 6.45) is -0.322. The lowest BCUT2D eigenvalue weighted by molar-refractivity contribution is -0.144. The van der Waals surface area contributed by atoms with Crippen molar-refractivity contribution in [2.45, 2.75) is 100.0 Å². The van der Waals surface area contributed by atoms with Gasteiger partial charge in [-0.05, 0) is 65.3 Å². The zero-order valence-corrected chi connectivity index (χ0v) is 72.5. The Morgan fingerprint density at radius 1 is 0.465 bits per heavy atom. The zero-order chi connectivity index (χ0) is 75.2. The lowest BCUT2D eigenvalue weighted by Crippen LogP contribution is -2.55. The summed E-state index contributed by atoms with van der Waals surface area (Å²) in [4.78, 5) is 83.6. The third-order valence-electron chi connectivity index (χ3n) is 12.0. The van der Waals surface area contributed by atoms with Gasteiger partial charge in [0.25, 0.3) is 0 Å². The molecule has 3 aromatic rings. The van der Waals surface area contributed by atoms with Crippen LogP contribution in [0.3, 0.4) is 0 Å². The number of allylic oxidation sites excluding steroid dienone is 1. The van der Waals surface area contributed by atoms with Gasteiger partial charge < -0.3 is 38.6 Å². The number of hydrogen-bond donors (Lipinski definition) is 15. The molecule has 0 bridgehead atoms. The quantitative estimate of drug-likeness (QED) is 0.00829.